The first-order valence-electron chi connectivity index (χ1n) is 11.5. The molecule has 2 N–H and O–H groups in total. The first kappa shape index (κ1) is 26.4. The number of nitrogens with zero attached hydrogens (tertiary/aromatic N) is 5. The minimum absolute atomic E-state index is 0.0329. The Hall–Kier alpha value is -2.68. The fourth-order valence-electron chi connectivity index (χ4n) is 4.22. The third-order valence-corrected chi connectivity index (χ3v) is 7.51. The summed E-state index contributed by atoms with van der Waals surface area (Å²) >= 11 is 0. The Morgan fingerprint density at radius 1 is 0.917 bits per heavy atom. The maximum absolute atomic E-state index is 13.5. The number of anilines is 2. The van der Waals surface area contributed by atoms with E-state index in [1.54, 1.807) is 0 Å². The number of sulfonamides is 1. The number of rotatable bonds is 6. The molecule has 2 aromatic rings. The number of nitrogens with one attached hydrogen (secondary N) is 2. The van der Waals surface area contributed by atoms with Gasteiger partial charge in [-0.3, -0.25) is 0 Å². The van der Waals surface area contributed by atoms with Crippen LogP contribution in [0, 0.1) is 0 Å². The molecule has 1 aliphatic heterocycles. The topological polar surface area (TPSA) is 113 Å². The second kappa shape index (κ2) is 10.00. The molecular formula is C21H26F5N7O2S. The molecule has 36 heavy (non-hydrogen) atoms. The summed E-state index contributed by atoms with van der Waals surface area (Å²) < 4.78 is 91.5. The van der Waals surface area contributed by atoms with E-state index in [2.05, 4.69) is 30.6 Å². The van der Waals surface area contributed by atoms with Crippen LogP contribution in [-0.4, -0.2) is 70.0 Å². The molecule has 2 fully saturated rings. The van der Waals surface area contributed by atoms with Gasteiger partial charge >= 0.3 is 6.18 Å². The predicted molar refractivity (Wildman–Crippen MR) is 122 cm³/mol. The largest absolute Gasteiger partial charge is 0.433 e. The van der Waals surface area contributed by atoms with Gasteiger partial charge in [0.2, 0.25) is 27.8 Å². The van der Waals surface area contributed by atoms with Crippen molar-refractivity contribution in [1.82, 2.24) is 24.2 Å². The normalized spacial score (nSPS) is 20.3. The number of hydrogen-bond acceptors (Lipinski definition) is 8. The van der Waals surface area contributed by atoms with Crippen LogP contribution in [0.15, 0.2) is 18.2 Å². The van der Waals surface area contributed by atoms with Gasteiger partial charge in [-0.2, -0.15) is 28.1 Å². The molecule has 9 nitrogen and oxygen atoms in total. The lowest BCUT2D eigenvalue weighted by Gasteiger charge is -2.31. The van der Waals surface area contributed by atoms with Crippen LogP contribution in [0.2, 0.25) is 0 Å². The van der Waals surface area contributed by atoms with Crippen molar-refractivity contribution in [3.8, 4) is 11.5 Å². The average molecular weight is 536 g/mol. The van der Waals surface area contributed by atoms with Crippen LogP contribution in [0.5, 0.6) is 0 Å². The molecule has 2 aliphatic rings. The second-order valence-corrected chi connectivity index (χ2v) is 11.0. The SMILES string of the molecule is CS(=O)(=O)N1CCC(Nc2nc(NC3CCC(F)(F)CC3)nc(-c3cccc(C(F)(F)F)n3)n2)CC1. The fourth-order valence-corrected chi connectivity index (χ4v) is 5.09. The van der Waals surface area contributed by atoms with Crippen LogP contribution in [0.4, 0.5) is 33.8 Å². The first-order valence-corrected chi connectivity index (χ1v) is 13.3. The molecule has 0 aromatic carbocycles. The number of hydrogen-bond donors (Lipinski definition) is 2. The van der Waals surface area contributed by atoms with Gasteiger partial charge in [-0.15, -0.1) is 0 Å². The van der Waals surface area contributed by atoms with E-state index < -0.39 is 27.8 Å². The molecule has 4 rings (SSSR count). The van der Waals surface area contributed by atoms with Crippen molar-refractivity contribution in [2.24, 2.45) is 0 Å². The lowest BCUT2D eigenvalue weighted by atomic mass is 9.92. The minimum Gasteiger partial charge on any atom is -0.351 e. The van der Waals surface area contributed by atoms with E-state index in [1.165, 1.54) is 16.4 Å². The first-order chi connectivity index (χ1) is 16.8. The van der Waals surface area contributed by atoms with Gasteiger partial charge in [0.25, 0.3) is 0 Å². The van der Waals surface area contributed by atoms with Crippen LogP contribution in [0.25, 0.3) is 11.5 Å². The molecule has 0 amide bonds. The van der Waals surface area contributed by atoms with Gasteiger partial charge in [0.05, 0.1) is 6.26 Å². The van der Waals surface area contributed by atoms with Crippen molar-refractivity contribution in [2.45, 2.75) is 62.7 Å². The Kier molecular flexibility index (Phi) is 7.33. The Bertz CT molecular complexity index is 1180. The van der Waals surface area contributed by atoms with Crippen molar-refractivity contribution in [1.29, 1.82) is 0 Å². The maximum atomic E-state index is 13.5. The smallest absolute Gasteiger partial charge is 0.351 e. The van der Waals surface area contributed by atoms with Crippen molar-refractivity contribution >= 4 is 21.9 Å². The van der Waals surface area contributed by atoms with Gasteiger partial charge in [-0.05, 0) is 37.8 Å². The van der Waals surface area contributed by atoms with Gasteiger partial charge in [-0.25, -0.2) is 26.5 Å². The summed E-state index contributed by atoms with van der Waals surface area (Å²) in [5.74, 6) is -2.74. The lowest BCUT2D eigenvalue weighted by Crippen LogP contribution is -2.42. The molecule has 3 heterocycles. The molecule has 15 heteroatoms. The molecule has 1 saturated carbocycles. The summed E-state index contributed by atoms with van der Waals surface area (Å²) in [6.07, 6.45) is -2.80. The van der Waals surface area contributed by atoms with Gasteiger partial charge in [0.1, 0.15) is 11.4 Å². The summed E-state index contributed by atoms with van der Waals surface area (Å²) in [5, 5.41) is 6.11. The van der Waals surface area contributed by atoms with Crippen molar-refractivity contribution < 1.29 is 30.4 Å². The Morgan fingerprint density at radius 2 is 1.47 bits per heavy atom. The van der Waals surface area contributed by atoms with E-state index in [0.29, 0.717) is 25.9 Å². The summed E-state index contributed by atoms with van der Waals surface area (Å²) in [7, 11) is -3.31. The molecule has 198 valence electrons. The van der Waals surface area contributed by atoms with Gasteiger partial charge < -0.3 is 10.6 Å². The highest BCUT2D eigenvalue weighted by atomic mass is 32.2. The van der Waals surface area contributed by atoms with E-state index in [9.17, 15) is 30.4 Å². The monoisotopic (exact) mass is 535 g/mol. The van der Waals surface area contributed by atoms with Crippen molar-refractivity contribution in [2.75, 3.05) is 30.0 Å². The fraction of sp³-hybridized carbons (Fsp3) is 0.619. The van der Waals surface area contributed by atoms with E-state index >= 15 is 0 Å². The highest BCUT2D eigenvalue weighted by Crippen LogP contribution is 2.34. The number of alkyl halides is 5. The van der Waals surface area contributed by atoms with Gasteiger partial charge in [0, 0.05) is 38.0 Å². The number of aromatic nitrogens is 4. The highest BCUT2D eigenvalue weighted by molar-refractivity contribution is 7.88. The molecule has 0 atom stereocenters. The van der Waals surface area contributed by atoms with Crippen LogP contribution in [0.1, 0.15) is 44.2 Å². The van der Waals surface area contributed by atoms with E-state index in [0.717, 1.165) is 12.3 Å². The molecular weight excluding hydrogens is 509 g/mol. The zero-order valence-corrected chi connectivity index (χ0v) is 20.2. The predicted octanol–water partition coefficient (Wildman–Crippen LogP) is 3.78. The molecule has 0 spiro atoms. The Labute approximate surface area is 205 Å². The summed E-state index contributed by atoms with van der Waals surface area (Å²) in [6, 6.07) is 2.85. The van der Waals surface area contributed by atoms with E-state index in [1.807, 2.05) is 0 Å². The summed E-state index contributed by atoms with van der Waals surface area (Å²) in [4.78, 5) is 16.4. The standard InChI is InChI=1S/C21H26F5N7O2S/c1-36(34,35)33-11-7-14(8-12-33)28-19-31-17(15-3-2-4-16(29-15)21(24,25)26)30-18(32-19)27-13-5-9-20(22,23)10-6-13/h2-4,13-14H,5-12H2,1H3,(H2,27,28,30,31,32). The van der Waals surface area contributed by atoms with Crippen molar-refractivity contribution in [3.63, 3.8) is 0 Å². The van der Waals surface area contributed by atoms with Gasteiger partial charge in [0.15, 0.2) is 5.82 Å². The lowest BCUT2D eigenvalue weighted by molar-refractivity contribution is -0.141. The summed E-state index contributed by atoms with van der Waals surface area (Å²) in [5.41, 5.74) is -1.23. The average Bonchev–Trinajstić information content (AvgIpc) is 2.80. The molecule has 2 aromatic heterocycles. The highest BCUT2D eigenvalue weighted by Gasteiger charge is 2.35. The number of piperidine rings is 1. The quantitative estimate of drug-likeness (QED) is 0.538. The molecule has 0 bridgehead atoms. The maximum Gasteiger partial charge on any atom is 0.433 e. The third kappa shape index (κ3) is 6.75. The van der Waals surface area contributed by atoms with Crippen LogP contribution in [0.3, 0.4) is 0 Å². The van der Waals surface area contributed by atoms with Crippen LogP contribution >= 0.6 is 0 Å². The van der Waals surface area contributed by atoms with E-state index in [4.69, 9.17) is 0 Å². The Balaban J connectivity index is 1.58. The molecule has 1 saturated heterocycles. The molecule has 0 radical (unpaired) electrons. The van der Waals surface area contributed by atoms with Crippen LogP contribution in [-0.2, 0) is 16.2 Å². The zero-order chi connectivity index (χ0) is 26.1. The van der Waals surface area contributed by atoms with Crippen molar-refractivity contribution in [3.05, 3.63) is 23.9 Å². The Morgan fingerprint density at radius 3 is 2.00 bits per heavy atom. The zero-order valence-electron chi connectivity index (χ0n) is 19.4. The molecule has 0 unspecified atom stereocenters. The third-order valence-electron chi connectivity index (χ3n) is 6.21. The molecule has 1 aliphatic carbocycles. The second-order valence-electron chi connectivity index (χ2n) is 9.07. The minimum atomic E-state index is -4.66. The number of pyridine rings is 1. The van der Waals surface area contributed by atoms with E-state index in [-0.39, 0.29) is 61.2 Å². The van der Waals surface area contributed by atoms with Gasteiger partial charge in [-0.1, -0.05) is 6.07 Å². The van der Waals surface area contributed by atoms with Crippen LogP contribution < -0.4 is 10.6 Å². The summed E-state index contributed by atoms with van der Waals surface area (Å²) in [6.45, 7) is 0.593. The number of halogens is 5.